The van der Waals surface area contributed by atoms with Gasteiger partial charge in [-0.15, -0.1) is 11.3 Å². The van der Waals surface area contributed by atoms with Crippen LogP contribution >= 0.6 is 11.3 Å². The van der Waals surface area contributed by atoms with Crippen LogP contribution in [-0.4, -0.2) is 27.8 Å². The Bertz CT molecular complexity index is 1480. The maximum absolute atomic E-state index is 13.6. The third-order valence-corrected chi connectivity index (χ3v) is 6.86. The number of nitrogens with one attached hydrogen (secondary N) is 1. The smallest absolute Gasteiger partial charge is 0.263 e. The van der Waals surface area contributed by atoms with Crippen LogP contribution in [0.2, 0.25) is 0 Å². The van der Waals surface area contributed by atoms with Crippen molar-refractivity contribution in [2.24, 2.45) is 0 Å². The van der Waals surface area contributed by atoms with Crippen molar-refractivity contribution in [2.45, 2.75) is 26.8 Å². The molecule has 0 aliphatic carbocycles. The van der Waals surface area contributed by atoms with E-state index in [4.69, 9.17) is 4.74 Å². The van der Waals surface area contributed by atoms with Crippen LogP contribution in [0.4, 0.5) is 5.69 Å². The van der Waals surface area contributed by atoms with Gasteiger partial charge in [-0.2, -0.15) is 0 Å². The lowest BCUT2D eigenvalue weighted by atomic mass is 10.0. The van der Waals surface area contributed by atoms with Gasteiger partial charge in [-0.25, -0.2) is 4.98 Å². The van der Waals surface area contributed by atoms with Crippen LogP contribution in [0.15, 0.2) is 53.6 Å². The Morgan fingerprint density at radius 1 is 1.15 bits per heavy atom. The van der Waals surface area contributed by atoms with Crippen molar-refractivity contribution in [1.82, 2.24) is 9.55 Å². The van der Waals surface area contributed by atoms with Crippen molar-refractivity contribution in [3.8, 4) is 16.9 Å². The molecule has 2 aromatic carbocycles. The number of aryl methyl sites for hydroxylation is 2. The Labute approximate surface area is 193 Å². The Morgan fingerprint density at radius 3 is 2.67 bits per heavy atom. The molecular weight excluding hydrogens is 438 g/mol. The van der Waals surface area contributed by atoms with Gasteiger partial charge in [0.25, 0.3) is 11.5 Å². The number of ether oxygens (including phenoxy) is 1. The van der Waals surface area contributed by atoms with Crippen LogP contribution < -0.4 is 15.6 Å². The van der Waals surface area contributed by atoms with E-state index in [0.29, 0.717) is 27.2 Å². The number of hydrogen-bond donors (Lipinski definition) is 1. The van der Waals surface area contributed by atoms with E-state index in [9.17, 15) is 14.4 Å². The summed E-state index contributed by atoms with van der Waals surface area (Å²) >= 11 is 1.47. The van der Waals surface area contributed by atoms with Gasteiger partial charge in [0.05, 0.1) is 23.4 Å². The minimum Gasteiger partial charge on any atom is -0.482 e. The lowest BCUT2D eigenvalue weighted by molar-refractivity contribution is -0.118. The second kappa shape index (κ2) is 7.97. The zero-order valence-corrected chi connectivity index (χ0v) is 19.2. The summed E-state index contributed by atoms with van der Waals surface area (Å²) in [5, 5.41) is 3.23. The second-order valence-electron chi connectivity index (χ2n) is 8.12. The standard InChI is InChI=1S/C25H21N3O4S/c1-13-4-6-16(7-5-13)21-15(3)33-24-22(21)25(31)28(12-26-24)14(2)23(30)17-8-9-19-18(10-17)27-20(29)11-32-19/h4-10,12,14H,11H2,1-3H3,(H,27,29). The van der Waals surface area contributed by atoms with E-state index in [1.54, 1.807) is 25.1 Å². The van der Waals surface area contributed by atoms with Gasteiger partial charge >= 0.3 is 0 Å². The molecule has 8 heteroatoms. The number of aromatic nitrogens is 2. The summed E-state index contributed by atoms with van der Waals surface area (Å²) in [6.45, 7) is 5.61. The molecule has 1 amide bonds. The van der Waals surface area contributed by atoms with Gasteiger partial charge in [0.15, 0.2) is 12.4 Å². The number of fused-ring (bicyclic) bond motifs is 2. The monoisotopic (exact) mass is 459 g/mol. The zero-order chi connectivity index (χ0) is 23.3. The minimum absolute atomic E-state index is 0.0544. The van der Waals surface area contributed by atoms with Gasteiger partial charge in [0.1, 0.15) is 10.6 Å². The maximum Gasteiger partial charge on any atom is 0.263 e. The predicted octanol–water partition coefficient (Wildman–Crippen LogP) is 4.52. The topological polar surface area (TPSA) is 90.3 Å². The highest BCUT2D eigenvalue weighted by Crippen LogP contribution is 2.36. The average Bonchev–Trinajstić information content (AvgIpc) is 3.15. The molecule has 0 radical (unpaired) electrons. The lowest BCUT2D eigenvalue weighted by Gasteiger charge is -2.19. The third kappa shape index (κ3) is 3.62. The van der Waals surface area contributed by atoms with E-state index in [2.05, 4.69) is 10.3 Å². The molecule has 1 atom stereocenters. The summed E-state index contributed by atoms with van der Waals surface area (Å²) in [4.78, 5) is 44.6. The van der Waals surface area contributed by atoms with Crippen molar-refractivity contribution in [1.29, 1.82) is 0 Å². The maximum atomic E-state index is 13.6. The predicted molar refractivity (Wildman–Crippen MR) is 128 cm³/mol. The number of nitrogens with zero attached hydrogens (tertiary/aromatic N) is 2. The van der Waals surface area contributed by atoms with Gasteiger partial charge < -0.3 is 10.1 Å². The number of carbonyl (C=O) groups excluding carboxylic acids is 2. The largest absolute Gasteiger partial charge is 0.482 e. The first-order chi connectivity index (χ1) is 15.8. The number of hydrogen-bond acceptors (Lipinski definition) is 6. The fraction of sp³-hybridized carbons (Fsp3) is 0.200. The summed E-state index contributed by atoms with van der Waals surface area (Å²) in [6.07, 6.45) is 1.44. The van der Waals surface area contributed by atoms with Crippen molar-refractivity contribution in [2.75, 3.05) is 11.9 Å². The molecule has 5 rings (SSSR count). The first kappa shape index (κ1) is 21.1. The van der Waals surface area contributed by atoms with E-state index in [0.717, 1.165) is 21.6 Å². The number of rotatable bonds is 4. The molecule has 0 bridgehead atoms. The molecule has 0 saturated carbocycles. The van der Waals surface area contributed by atoms with Gasteiger partial charge in [0.2, 0.25) is 0 Å². The molecule has 0 fully saturated rings. The van der Waals surface area contributed by atoms with Crippen LogP contribution in [0.3, 0.4) is 0 Å². The molecule has 1 aliphatic heterocycles. The molecule has 1 aliphatic rings. The third-order valence-electron chi connectivity index (χ3n) is 5.85. The normalized spacial score (nSPS) is 13.8. The van der Waals surface area contributed by atoms with Crippen LogP contribution in [0.25, 0.3) is 21.3 Å². The molecule has 1 unspecified atom stereocenters. The highest BCUT2D eigenvalue weighted by molar-refractivity contribution is 7.19. The van der Waals surface area contributed by atoms with Crippen LogP contribution in [0, 0.1) is 13.8 Å². The van der Waals surface area contributed by atoms with Gasteiger partial charge in [0, 0.05) is 16.0 Å². The minimum atomic E-state index is -0.779. The van der Waals surface area contributed by atoms with E-state index < -0.39 is 6.04 Å². The molecule has 2 aromatic heterocycles. The van der Waals surface area contributed by atoms with Crippen molar-refractivity contribution in [3.63, 3.8) is 0 Å². The van der Waals surface area contributed by atoms with Crippen molar-refractivity contribution < 1.29 is 14.3 Å². The second-order valence-corrected chi connectivity index (χ2v) is 9.33. The fourth-order valence-electron chi connectivity index (χ4n) is 4.06. The number of thiophene rings is 1. The van der Waals surface area contributed by atoms with Crippen molar-refractivity contribution >= 4 is 38.9 Å². The zero-order valence-electron chi connectivity index (χ0n) is 18.3. The molecular formula is C25H21N3O4S. The number of benzene rings is 2. The Hall–Kier alpha value is -3.78. The molecule has 33 heavy (non-hydrogen) atoms. The summed E-state index contributed by atoms with van der Waals surface area (Å²) in [5.74, 6) is -0.0252. The van der Waals surface area contributed by atoms with Crippen LogP contribution in [0.1, 0.15) is 33.8 Å². The Kier molecular flexibility index (Phi) is 5.09. The Morgan fingerprint density at radius 2 is 1.91 bits per heavy atom. The van der Waals surface area contributed by atoms with Gasteiger partial charge in [-0.05, 0) is 44.5 Å². The van der Waals surface area contributed by atoms with Gasteiger partial charge in [-0.3, -0.25) is 19.0 Å². The van der Waals surface area contributed by atoms with Crippen LogP contribution in [-0.2, 0) is 4.79 Å². The molecule has 0 spiro atoms. The number of amides is 1. The van der Waals surface area contributed by atoms with Crippen LogP contribution in [0.5, 0.6) is 5.75 Å². The number of Topliss-reactive ketones (excluding diaryl/α,β-unsaturated/α-hetero) is 1. The molecule has 7 nitrogen and oxygen atoms in total. The SMILES string of the molecule is Cc1ccc(-c2c(C)sc3ncn(C(C)C(=O)c4ccc5c(c4)NC(=O)CO5)c(=O)c23)cc1. The highest BCUT2D eigenvalue weighted by atomic mass is 32.1. The van der Waals surface area contributed by atoms with E-state index in [-0.39, 0.29) is 23.9 Å². The van der Waals surface area contributed by atoms with E-state index in [1.807, 2.05) is 38.1 Å². The summed E-state index contributed by atoms with van der Waals surface area (Å²) in [7, 11) is 0. The molecule has 166 valence electrons. The first-order valence-electron chi connectivity index (χ1n) is 10.5. The number of carbonyl (C=O) groups is 2. The lowest BCUT2D eigenvalue weighted by Crippen LogP contribution is -2.29. The average molecular weight is 460 g/mol. The summed E-state index contributed by atoms with van der Waals surface area (Å²) in [5.41, 5.74) is 3.51. The van der Waals surface area contributed by atoms with Crippen molar-refractivity contribution in [3.05, 3.63) is 75.1 Å². The highest BCUT2D eigenvalue weighted by Gasteiger charge is 2.24. The fourth-order valence-corrected chi connectivity index (χ4v) is 5.07. The molecule has 1 N–H and O–H groups in total. The summed E-state index contributed by atoms with van der Waals surface area (Å²) in [6, 6.07) is 12.1. The van der Waals surface area contributed by atoms with E-state index >= 15 is 0 Å². The van der Waals surface area contributed by atoms with Gasteiger partial charge in [-0.1, -0.05) is 29.8 Å². The Balaban J connectivity index is 1.57. The quantitative estimate of drug-likeness (QED) is 0.453. The first-order valence-corrected chi connectivity index (χ1v) is 11.3. The molecule has 0 saturated heterocycles. The van der Waals surface area contributed by atoms with E-state index in [1.165, 1.54) is 22.2 Å². The number of ketones is 1. The molecule has 3 heterocycles. The number of anilines is 1. The molecule has 4 aromatic rings. The summed E-state index contributed by atoms with van der Waals surface area (Å²) < 4.78 is 6.74.